The first-order valence-corrected chi connectivity index (χ1v) is 10.3. The van der Waals surface area contributed by atoms with E-state index in [9.17, 15) is 4.79 Å². The maximum atomic E-state index is 12.9. The molecule has 2 aliphatic heterocycles. The van der Waals surface area contributed by atoms with Crippen LogP contribution in [0.15, 0.2) is 79.1 Å². The van der Waals surface area contributed by atoms with Crippen LogP contribution in [0.2, 0.25) is 5.02 Å². The molecule has 0 spiro atoms. The summed E-state index contributed by atoms with van der Waals surface area (Å²) in [7, 11) is 0. The van der Waals surface area contributed by atoms with Crippen LogP contribution < -0.4 is 10.7 Å². The van der Waals surface area contributed by atoms with Gasteiger partial charge in [-0.3, -0.25) is 14.8 Å². The van der Waals surface area contributed by atoms with Crippen molar-refractivity contribution >= 4 is 23.2 Å². The highest BCUT2D eigenvalue weighted by atomic mass is 35.5. The number of nitrogens with one attached hydrogen (secondary N) is 2. The zero-order valence-electron chi connectivity index (χ0n) is 16.4. The number of carbonyl (C=O) groups excluding carboxylic acids is 1. The summed E-state index contributed by atoms with van der Waals surface area (Å²) in [5.41, 5.74) is 8.43. The van der Waals surface area contributed by atoms with Crippen molar-refractivity contribution in [2.75, 3.05) is 0 Å². The summed E-state index contributed by atoms with van der Waals surface area (Å²) in [6, 6.07) is 20.1. The minimum absolute atomic E-state index is 0.0497. The molecule has 3 atom stereocenters. The number of fused-ring (bicyclic) bond motifs is 1. The molecule has 5 nitrogen and oxygen atoms in total. The molecule has 3 aromatic rings. The molecule has 0 aliphatic carbocycles. The van der Waals surface area contributed by atoms with Gasteiger partial charge in [0.2, 0.25) is 0 Å². The SMILES string of the molecule is CC1NN2C(=O)C=C(c3cccc(-c4ccncc4)c3)NC2C1c1ccc(Cl)cc1. The summed E-state index contributed by atoms with van der Waals surface area (Å²) < 4.78 is 0. The monoisotopic (exact) mass is 416 g/mol. The lowest BCUT2D eigenvalue weighted by Crippen LogP contribution is -2.52. The van der Waals surface area contributed by atoms with Gasteiger partial charge in [0.25, 0.3) is 5.91 Å². The number of hydrazine groups is 1. The normalized spacial score (nSPS) is 23.0. The van der Waals surface area contributed by atoms with E-state index in [1.54, 1.807) is 23.5 Å². The standard InChI is InChI=1S/C24H21ClN4O/c1-15-23(17-5-7-20(25)8-6-17)24-27-21(14-22(30)29(24)28-15)19-4-2-3-18(13-19)16-9-11-26-12-10-16/h2-15,23-24,27-28H,1H3. The van der Waals surface area contributed by atoms with E-state index < -0.39 is 0 Å². The van der Waals surface area contributed by atoms with Gasteiger partial charge >= 0.3 is 0 Å². The summed E-state index contributed by atoms with van der Waals surface area (Å²) in [4.78, 5) is 17.0. The van der Waals surface area contributed by atoms with Crippen LogP contribution in [-0.2, 0) is 4.79 Å². The molecule has 1 amide bonds. The van der Waals surface area contributed by atoms with Crippen LogP contribution in [0, 0.1) is 0 Å². The number of hydrogen-bond acceptors (Lipinski definition) is 4. The van der Waals surface area contributed by atoms with Crippen LogP contribution >= 0.6 is 11.6 Å². The van der Waals surface area contributed by atoms with Crippen LogP contribution in [0.4, 0.5) is 0 Å². The summed E-state index contributed by atoms with van der Waals surface area (Å²) in [6.07, 6.45) is 5.04. The first-order valence-electron chi connectivity index (χ1n) is 9.94. The molecule has 1 saturated heterocycles. The van der Waals surface area contributed by atoms with Crippen molar-refractivity contribution in [2.45, 2.75) is 25.0 Å². The van der Waals surface area contributed by atoms with E-state index in [2.05, 4.69) is 34.8 Å². The fourth-order valence-electron chi connectivity index (χ4n) is 4.30. The van der Waals surface area contributed by atoms with E-state index in [0.717, 1.165) is 28.0 Å². The summed E-state index contributed by atoms with van der Waals surface area (Å²) >= 11 is 6.08. The Balaban J connectivity index is 1.48. The molecule has 2 aromatic carbocycles. The van der Waals surface area contributed by atoms with Gasteiger partial charge in [-0.1, -0.05) is 41.9 Å². The maximum Gasteiger partial charge on any atom is 0.264 e. The largest absolute Gasteiger partial charge is 0.363 e. The molecular formula is C24H21ClN4O. The van der Waals surface area contributed by atoms with Gasteiger partial charge in [-0.2, -0.15) is 0 Å². The minimum atomic E-state index is -0.182. The second kappa shape index (κ2) is 7.59. The van der Waals surface area contributed by atoms with Crippen molar-refractivity contribution < 1.29 is 4.79 Å². The van der Waals surface area contributed by atoms with Crippen LogP contribution in [0.5, 0.6) is 0 Å². The van der Waals surface area contributed by atoms with Crippen molar-refractivity contribution in [2.24, 2.45) is 0 Å². The number of benzene rings is 2. The Morgan fingerprint density at radius 3 is 2.47 bits per heavy atom. The zero-order chi connectivity index (χ0) is 20.7. The molecule has 150 valence electrons. The lowest BCUT2D eigenvalue weighted by atomic mass is 9.90. The average Bonchev–Trinajstić information content (AvgIpc) is 3.11. The van der Waals surface area contributed by atoms with Gasteiger partial charge < -0.3 is 5.32 Å². The third kappa shape index (κ3) is 3.36. The summed E-state index contributed by atoms with van der Waals surface area (Å²) in [6.45, 7) is 2.09. The number of nitrogens with zero attached hydrogens (tertiary/aromatic N) is 2. The molecule has 3 heterocycles. The predicted octanol–water partition coefficient (Wildman–Crippen LogP) is 4.19. The first kappa shape index (κ1) is 18.9. The van der Waals surface area contributed by atoms with Crippen molar-refractivity contribution in [1.82, 2.24) is 20.7 Å². The van der Waals surface area contributed by atoms with Crippen molar-refractivity contribution in [3.8, 4) is 11.1 Å². The van der Waals surface area contributed by atoms with Gasteiger partial charge in [0.05, 0.1) is 0 Å². The fraction of sp³-hybridized carbons (Fsp3) is 0.167. The molecule has 3 unspecified atom stereocenters. The van der Waals surface area contributed by atoms with E-state index in [-0.39, 0.29) is 24.0 Å². The Bertz CT molecular complexity index is 1110. The Hall–Kier alpha value is -3.15. The number of pyridine rings is 1. The molecule has 1 fully saturated rings. The van der Waals surface area contributed by atoms with Crippen LogP contribution in [0.1, 0.15) is 24.0 Å². The summed E-state index contributed by atoms with van der Waals surface area (Å²) in [5.74, 6) is 0.0460. The lowest BCUT2D eigenvalue weighted by Gasteiger charge is -2.33. The highest BCUT2D eigenvalue weighted by molar-refractivity contribution is 6.30. The van der Waals surface area contributed by atoms with E-state index in [1.807, 2.05) is 48.5 Å². The molecular weight excluding hydrogens is 396 g/mol. The van der Waals surface area contributed by atoms with E-state index in [4.69, 9.17) is 11.6 Å². The van der Waals surface area contributed by atoms with Crippen LogP contribution in [0.25, 0.3) is 16.8 Å². The van der Waals surface area contributed by atoms with E-state index >= 15 is 0 Å². The van der Waals surface area contributed by atoms with Crippen molar-refractivity contribution in [3.05, 3.63) is 95.3 Å². The molecule has 5 rings (SSSR count). The van der Waals surface area contributed by atoms with Gasteiger partial charge in [0.15, 0.2) is 0 Å². The molecule has 0 bridgehead atoms. The van der Waals surface area contributed by atoms with Crippen LogP contribution in [0.3, 0.4) is 0 Å². The van der Waals surface area contributed by atoms with Gasteiger partial charge in [-0.05, 0) is 59.5 Å². The third-order valence-corrected chi connectivity index (χ3v) is 6.00. The van der Waals surface area contributed by atoms with E-state index in [0.29, 0.717) is 5.02 Å². The molecule has 2 aliphatic rings. The molecule has 6 heteroatoms. The third-order valence-electron chi connectivity index (χ3n) is 5.75. The molecule has 1 aromatic heterocycles. The first-order chi connectivity index (χ1) is 14.6. The number of halogens is 1. The second-order valence-electron chi connectivity index (χ2n) is 7.67. The number of hydrogen-bond donors (Lipinski definition) is 2. The molecule has 30 heavy (non-hydrogen) atoms. The fourth-order valence-corrected chi connectivity index (χ4v) is 4.42. The molecule has 0 radical (unpaired) electrons. The number of amides is 1. The lowest BCUT2D eigenvalue weighted by molar-refractivity contribution is -0.130. The maximum absolute atomic E-state index is 12.9. The van der Waals surface area contributed by atoms with E-state index in [1.165, 1.54) is 0 Å². The Labute approximate surface area is 180 Å². The van der Waals surface area contributed by atoms with Gasteiger partial charge in [-0.15, -0.1) is 0 Å². The zero-order valence-corrected chi connectivity index (χ0v) is 17.2. The Kier molecular flexibility index (Phi) is 4.77. The van der Waals surface area contributed by atoms with Gasteiger partial charge in [0, 0.05) is 41.1 Å². The van der Waals surface area contributed by atoms with Crippen molar-refractivity contribution in [1.29, 1.82) is 0 Å². The Morgan fingerprint density at radius 1 is 0.967 bits per heavy atom. The molecule has 2 N–H and O–H groups in total. The highest BCUT2D eigenvalue weighted by Gasteiger charge is 2.44. The minimum Gasteiger partial charge on any atom is -0.363 e. The quantitative estimate of drug-likeness (QED) is 0.672. The number of carbonyl (C=O) groups is 1. The topological polar surface area (TPSA) is 57.3 Å². The van der Waals surface area contributed by atoms with Gasteiger partial charge in [-0.25, -0.2) is 5.43 Å². The second-order valence-corrected chi connectivity index (χ2v) is 8.10. The van der Waals surface area contributed by atoms with Crippen molar-refractivity contribution in [3.63, 3.8) is 0 Å². The Morgan fingerprint density at radius 2 is 1.70 bits per heavy atom. The average molecular weight is 417 g/mol. The number of aromatic nitrogens is 1. The van der Waals surface area contributed by atoms with Gasteiger partial charge in [0.1, 0.15) is 6.17 Å². The van der Waals surface area contributed by atoms with Crippen LogP contribution in [-0.4, -0.2) is 28.1 Å². The highest BCUT2D eigenvalue weighted by Crippen LogP contribution is 2.35. The summed E-state index contributed by atoms with van der Waals surface area (Å²) in [5, 5.41) is 5.99. The smallest absolute Gasteiger partial charge is 0.264 e. The predicted molar refractivity (Wildman–Crippen MR) is 118 cm³/mol. The molecule has 0 saturated carbocycles. The number of rotatable bonds is 3.